The maximum absolute atomic E-state index is 5.63. The lowest BCUT2D eigenvalue weighted by Gasteiger charge is -2.26. The number of hydrogen-bond acceptors (Lipinski definition) is 4. The molecule has 6 heteroatoms. The van der Waals surface area contributed by atoms with Crippen LogP contribution in [0.15, 0.2) is 4.99 Å². The fraction of sp³-hybridized carbons (Fsp3) is 0.941. The van der Waals surface area contributed by atoms with Gasteiger partial charge in [-0.2, -0.15) is 0 Å². The molecule has 23 heavy (non-hydrogen) atoms. The molecular weight excluding hydrogens is 290 g/mol. The molecule has 0 amide bonds. The molecule has 3 aliphatic rings. The fourth-order valence-electron chi connectivity index (χ4n) is 4.07. The Balaban J connectivity index is 1.41. The molecule has 0 radical (unpaired) electrons. The number of guanidine groups is 1. The van der Waals surface area contributed by atoms with Crippen LogP contribution in [0.3, 0.4) is 0 Å². The van der Waals surface area contributed by atoms with Crippen LogP contribution in [-0.4, -0.2) is 100 Å². The molecule has 3 saturated heterocycles. The minimum atomic E-state index is 0.396. The molecule has 3 aliphatic heterocycles. The minimum absolute atomic E-state index is 0.396. The van der Waals surface area contributed by atoms with Crippen molar-refractivity contribution in [2.45, 2.75) is 19.3 Å². The van der Waals surface area contributed by atoms with Crippen LogP contribution in [0.4, 0.5) is 0 Å². The van der Waals surface area contributed by atoms with Gasteiger partial charge in [-0.05, 0) is 39.4 Å². The van der Waals surface area contributed by atoms with Crippen LogP contribution in [0.25, 0.3) is 0 Å². The van der Waals surface area contributed by atoms with Crippen LogP contribution >= 0.6 is 0 Å². The van der Waals surface area contributed by atoms with E-state index in [4.69, 9.17) is 4.74 Å². The number of likely N-dealkylation sites (tertiary alicyclic amines) is 1. The van der Waals surface area contributed by atoms with E-state index in [1.807, 2.05) is 7.05 Å². The lowest BCUT2D eigenvalue weighted by molar-refractivity contribution is 0.156. The Morgan fingerprint density at radius 1 is 1.17 bits per heavy atom. The quantitative estimate of drug-likeness (QED) is 0.598. The van der Waals surface area contributed by atoms with E-state index in [-0.39, 0.29) is 0 Å². The van der Waals surface area contributed by atoms with Gasteiger partial charge in [-0.3, -0.25) is 4.99 Å². The number of rotatable bonds is 3. The van der Waals surface area contributed by atoms with Crippen molar-refractivity contribution in [1.29, 1.82) is 0 Å². The zero-order valence-corrected chi connectivity index (χ0v) is 14.9. The first-order valence-electron chi connectivity index (χ1n) is 9.15. The highest BCUT2D eigenvalue weighted by molar-refractivity contribution is 5.80. The Hall–Kier alpha value is -0.850. The Morgan fingerprint density at radius 3 is 2.87 bits per heavy atom. The first-order valence-corrected chi connectivity index (χ1v) is 9.15. The van der Waals surface area contributed by atoms with Crippen LogP contribution in [0.2, 0.25) is 0 Å². The molecule has 1 N–H and O–H groups in total. The van der Waals surface area contributed by atoms with Crippen molar-refractivity contribution >= 4 is 5.96 Å². The van der Waals surface area contributed by atoms with Crippen molar-refractivity contribution in [3.05, 3.63) is 0 Å². The summed E-state index contributed by atoms with van der Waals surface area (Å²) in [5.41, 5.74) is 0.396. The summed E-state index contributed by atoms with van der Waals surface area (Å²) in [6.45, 7) is 11.0. The maximum Gasteiger partial charge on any atom is 0.193 e. The average Bonchev–Trinajstić information content (AvgIpc) is 3.13. The fourth-order valence-corrected chi connectivity index (χ4v) is 4.07. The number of likely N-dealkylation sites (N-methyl/N-ethyl adjacent to an activating group) is 1. The topological polar surface area (TPSA) is 43.3 Å². The summed E-state index contributed by atoms with van der Waals surface area (Å²) in [4.78, 5) is 11.9. The molecule has 0 aromatic heterocycles. The van der Waals surface area contributed by atoms with Gasteiger partial charge in [-0.25, -0.2) is 0 Å². The first-order chi connectivity index (χ1) is 11.2. The summed E-state index contributed by atoms with van der Waals surface area (Å²) in [5, 5.41) is 3.58. The molecule has 0 bridgehead atoms. The number of hydrogen-bond donors (Lipinski definition) is 1. The van der Waals surface area contributed by atoms with Gasteiger partial charge in [0.25, 0.3) is 0 Å². The molecule has 132 valence electrons. The van der Waals surface area contributed by atoms with Crippen LogP contribution < -0.4 is 5.32 Å². The molecule has 0 saturated carbocycles. The van der Waals surface area contributed by atoms with E-state index in [1.165, 1.54) is 45.4 Å². The largest absolute Gasteiger partial charge is 0.381 e. The van der Waals surface area contributed by atoms with Crippen molar-refractivity contribution in [3.63, 3.8) is 0 Å². The molecule has 0 aromatic rings. The average molecular weight is 323 g/mol. The monoisotopic (exact) mass is 323 g/mol. The van der Waals surface area contributed by atoms with Crippen LogP contribution in [-0.2, 0) is 4.74 Å². The second kappa shape index (κ2) is 7.81. The van der Waals surface area contributed by atoms with E-state index in [0.29, 0.717) is 5.41 Å². The minimum Gasteiger partial charge on any atom is -0.381 e. The van der Waals surface area contributed by atoms with E-state index in [9.17, 15) is 0 Å². The molecular formula is C17H33N5O. The number of ether oxygens (including phenoxy) is 1. The van der Waals surface area contributed by atoms with Gasteiger partial charge in [0.15, 0.2) is 5.96 Å². The summed E-state index contributed by atoms with van der Waals surface area (Å²) in [6.07, 6.45) is 3.73. The second-order valence-electron chi connectivity index (χ2n) is 7.45. The van der Waals surface area contributed by atoms with Crippen LogP contribution in [0.5, 0.6) is 0 Å². The SMILES string of the molecule is CN=C(NCCN1CCCN(C)CC1)N1CCC2(CCOC2)C1. The van der Waals surface area contributed by atoms with E-state index in [1.54, 1.807) is 0 Å². The van der Waals surface area contributed by atoms with E-state index in [0.717, 1.165) is 45.4 Å². The summed E-state index contributed by atoms with van der Waals surface area (Å²) in [6, 6.07) is 0. The van der Waals surface area contributed by atoms with Crippen molar-refractivity contribution in [1.82, 2.24) is 20.0 Å². The van der Waals surface area contributed by atoms with Crippen LogP contribution in [0, 0.1) is 5.41 Å². The molecule has 3 fully saturated rings. The summed E-state index contributed by atoms with van der Waals surface area (Å²) in [5.74, 6) is 1.07. The number of nitrogens with zero attached hydrogens (tertiary/aromatic N) is 4. The first kappa shape index (κ1) is 17.0. The van der Waals surface area contributed by atoms with Crippen molar-refractivity contribution < 1.29 is 4.74 Å². The smallest absolute Gasteiger partial charge is 0.193 e. The third-order valence-electron chi connectivity index (χ3n) is 5.66. The molecule has 0 aromatic carbocycles. The third kappa shape index (κ3) is 4.37. The molecule has 1 atom stereocenters. The van der Waals surface area contributed by atoms with E-state index < -0.39 is 0 Å². The normalized spacial score (nSPS) is 31.0. The van der Waals surface area contributed by atoms with Gasteiger partial charge in [0.1, 0.15) is 0 Å². The molecule has 3 rings (SSSR count). The van der Waals surface area contributed by atoms with Crippen molar-refractivity contribution in [2.24, 2.45) is 10.4 Å². The van der Waals surface area contributed by atoms with Gasteiger partial charge in [-0.15, -0.1) is 0 Å². The molecule has 1 spiro atoms. The Kier molecular flexibility index (Phi) is 5.77. The summed E-state index contributed by atoms with van der Waals surface area (Å²) >= 11 is 0. The van der Waals surface area contributed by atoms with Crippen molar-refractivity contribution in [3.8, 4) is 0 Å². The highest BCUT2D eigenvalue weighted by Crippen LogP contribution is 2.38. The molecule has 1 unspecified atom stereocenters. The molecule has 3 heterocycles. The van der Waals surface area contributed by atoms with Gasteiger partial charge in [0, 0.05) is 58.3 Å². The molecule has 6 nitrogen and oxygen atoms in total. The standard InChI is InChI=1S/C17H33N5O/c1-18-16(22-9-4-17(14-22)5-13-23-15-17)19-6-10-21-8-3-7-20(2)11-12-21/h3-15H2,1-2H3,(H,18,19). The predicted octanol–water partition coefficient (Wildman–Crippen LogP) is 0.312. The zero-order valence-electron chi connectivity index (χ0n) is 14.9. The van der Waals surface area contributed by atoms with Gasteiger partial charge in [0.2, 0.25) is 0 Å². The van der Waals surface area contributed by atoms with Crippen molar-refractivity contribution in [2.75, 3.05) is 79.7 Å². The predicted molar refractivity (Wildman–Crippen MR) is 94.0 cm³/mol. The Labute approximate surface area is 140 Å². The molecule has 0 aliphatic carbocycles. The summed E-state index contributed by atoms with van der Waals surface area (Å²) in [7, 11) is 4.12. The maximum atomic E-state index is 5.63. The van der Waals surface area contributed by atoms with Gasteiger partial charge >= 0.3 is 0 Å². The third-order valence-corrected chi connectivity index (χ3v) is 5.66. The van der Waals surface area contributed by atoms with Gasteiger partial charge in [-0.1, -0.05) is 0 Å². The number of nitrogens with one attached hydrogen (secondary N) is 1. The Morgan fingerprint density at radius 2 is 2.09 bits per heavy atom. The zero-order chi connectivity index (χ0) is 16.1. The van der Waals surface area contributed by atoms with Gasteiger partial charge in [0.05, 0.1) is 6.61 Å². The van der Waals surface area contributed by atoms with E-state index in [2.05, 4.69) is 32.1 Å². The Bertz CT molecular complexity index is 408. The lowest BCUT2D eigenvalue weighted by atomic mass is 9.87. The highest BCUT2D eigenvalue weighted by Gasteiger charge is 2.42. The van der Waals surface area contributed by atoms with E-state index >= 15 is 0 Å². The highest BCUT2D eigenvalue weighted by atomic mass is 16.5. The van der Waals surface area contributed by atoms with Crippen LogP contribution in [0.1, 0.15) is 19.3 Å². The second-order valence-corrected chi connectivity index (χ2v) is 7.45. The number of aliphatic imine (C=N–C) groups is 1. The van der Waals surface area contributed by atoms with Gasteiger partial charge < -0.3 is 24.8 Å². The lowest BCUT2D eigenvalue weighted by Crippen LogP contribution is -2.44. The summed E-state index contributed by atoms with van der Waals surface area (Å²) < 4.78 is 5.63.